The zero-order valence-corrected chi connectivity index (χ0v) is 13.5. The first kappa shape index (κ1) is 15.1. The van der Waals surface area contributed by atoms with Crippen LogP contribution >= 0.6 is 0 Å². The predicted octanol–water partition coefficient (Wildman–Crippen LogP) is 3.58. The van der Waals surface area contributed by atoms with Crippen LogP contribution in [0.25, 0.3) is 0 Å². The van der Waals surface area contributed by atoms with Gasteiger partial charge in [-0.1, -0.05) is 20.8 Å². The normalized spacial score (nSPS) is 14.7. The molecule has 0 amide bonds. The van der Waals surface area contributed by atoms with Crippen LogP contribution in [-0.2, 0) is 0 Å². The van der Waals surface area contributed by atoms with Crippen LogP contribution in [0.4, 0.5) is 11.6 Å². The van der Waals surface area contributed by atoms with E-state index in [0.29, 0.717) is 11.8 Å². The fraction of sp³-hybridized carbons (Fsp3) is 0.750. The maximum atomic E-state index is 4.83. The number of nitrogens with zero attached hydrogens (tertiary/aromatic N) is 3. The van der Waals surface area contributed by atoms with E-state index in [-0.39, 0.29) is 0 Å². The van der Waals surface area contributed by atoms with Crippen molar-refractivity contribution in [3.8, 4) is 0 Å². The summed E-state index contributed by atoms with van der Waals surface area (Å²) < 4.78 is 0. The van der Waals surface area contributed by atoms with Gasteiger partial charge in [0, 0.05) is 31.6 Å². The molecule has 2 rings (SSSR count). The molecule has 4 heteroatoms. The maximum absolute atomic E-state index is 4.83. The van der Waals surface area contributed by atoms with Crippen molar-refractivity contribution in [1.82, 2.24) is 9.97 Å². The van der Waals surface area contributed by atoms with Crippen molar-refractivity contribution >= 4 is 11.6 Å². The minimum Gasteiger partial charge on any atom is -0.370 e. The fourth-order valence-corrected chi connectivity index (χ4v) is 2.47. The summed E-state index contributed by atoms with van der Waals surface area (Å²) in [4.78, 5) is 11.8. The topological polar surface area (TPSA) is 41.1 Å². The molecule has 1 fully saturated rings. The lowest BCUT2D eigenvalue weighted by Gasteiger charge is -2.24. The van der Waals surface area contributed by atoms with E-state index >= 15 is 0 Å². The molecular formula is C16H28N4. The lowest BCUT2D eigenvalue weighted by Crippen LogP contribution is -2.25. The van der Waals surface area contributed by atoms with Crippen molar-refractivity contribution in [3.05, 3.63) is 11.4 Å². The summed E-state index contributed by atoms with van der Waals surface area (Å²) in [6, 6.07) is 0. The zero-order valence-electron chi connectivity index (χ0n) is 13.5. The van der Waals surface area contributed by atoms with Crippen molar-refractivity contribution in [2.24, 2.45) is 5.92 Å². The van der Waals surface area contributed by atoms with Gasteiger partial charge in [-0.05, 0) is 32.1 Å². The molecule has 1 N–H and O–H groups in total. The van der Waals surface area contributed by atoms with Crippen molar-refractivity contribution in [2.75, 3.05) is 30.4 Å². The highest BCUT2D eigenvalue weighted by Gasteiger charge is 2.28. The molecule has 0 spiro atoms. The van der Waals surface area contributed by atoms with E-state index in [1.54, 1.807) is 0 Å². The smallest absolute Gasteiger partial charge is 0.137 e. The summed E-state index contributed by atoms with van der Waals surface area (Å²) in [5, 5.41) is 3.46. The molecule has 0 saturated heterocycles. The molecule has 0 atom stereocenters. The van der Waals surface area contributed by atoms with Crippen LogP contribution in [0.3, 0.4) is 0 Å². The number of hydrogen-bond donors (Lipinski definition) is 1. The Kier molecular flexibility index (Phi) is 4.84. The highest BCUT2D eigenvalue weighted by Crippen LogP contribution is 2.40. The number of anilines is 2. The summed E-state index contributed by atoms with van der Waals surface area (Å²) in [7, 11) is 2.13. The average molecular weight is 276 g/mol. The molecule has 1 aliphatic rings. The van der Waals surface area contributed by atoms with Gasteiger partial charge in [-0.15, -0.1) is 0 Å². The van der Waals surface area contributed by atoms with E-state index < -0.39 is 0 Å². The van der Waals surface area contributed by atoms with Gasteiger partial charge in [-0.3, -0.25) is 0 Å². The third kappa shape index (κ3) is 3.62. The average Bonchev–Trinajstić information content (AvgIpc) is 3.21. The van der Waals surface area contributed by atoms with E-state index in [0.717, 1.165) is 37.0 Å². The highest BCUT2D eigenvalue weighted by molar-refractivity contribution is 5.58. The third-order valence-electron chi connectivity index (χ3n) is 3.62. The first-order valence-electron chi connectivity index (χ1n) is 7.86. The largest absolute Gasteiger partial charge is 0.370 e. The Bertz CT molecular complexity index is 452. The van der Waals surface area contributed by atoms with Crippen molar-refractivity contribution < 1.29 is 0 Å². The second-order valence-electron chi connectivity index (χ2n) is 6.35. The predicted molar refractivity (Wildman–Crippen MR) is 85.6 cm³/mol. The van der Waals surface area contributed by atoms with Gasteiger partial charge in [-0.2, -0.15) is 0 Å². The molecule has 1 aromatic heterocycles. The Morgan fingerprint density at radius 2 is 2.00 bits per heavy atom. The molecule has 0 aliphatic heterocycles. The molecule has 1 saturated carbocycles. The van der Waals surface area contributed by atoms with E-state index in [2.05, 4.69) is 45.0 Å². The second kappa shape index (κ2) is 6.42. The third-order valence-corrected chi connectivity index (χ3v) is 3.62. The van der Waals surface area contributed by atoms with Gasteiger partial charge >= 0.3 is 0 Å². The molecule has 112 valence electrons. The van der Waals surface area contributed by atoms with E-state index in [1.165, 1.54) is 18.4 Å². The minimum atomic E-state index is 0.587. The van der Waals surface area contributed by atoms with Crippen molar-refractivity contribution in [1.29, 1.82) is 0 Å². The first-order valence-corrected chi connectivity index (χ1v) is 7.86. The molecule has 0 bridgehead atoms. The summed E-state index contributed by atoms with van der Waals surface area (Å²) in [6.07, 6.45) is 3.59. The monoisotopic (exact) mass is 276 g/mol. The van der Waals surface area contributed by atoms with E-state index in [9.17, 15) is 0 Å². The van der Waals surface area contributed by atoms with Crippen molar-refractivity contribution in [2.45, 2.75) is 52.9 Å². The van der Waals surface area contributed by atoms with Gasteiger partial charge in [-0.25, -0.2) is 9.97 Å². The molecule has 1 heterocycles. The van der Waals surface area contributed by atoms with Crippen LogP contribution in [0, 0.1) is 12.8 Å². The Hall–Kier alpha value is -1.32. The van der Waals surface area contributed by atoms with Crippen LogP contribution in [0.2, 0.25) is 0 Å². The molecule has 0 radical (unpaired) electrons. The molecule has 1 aliphatic carbocycles. The highest BCUT2D eigenvalue weighted by atomic mass is 15.2. The van der Waals surface area contributed by atoms with Crippen LogP contribution in [0.5, 0.6) is 0 Å². The van der Waals surface area contributed by atoms with Gasteiger partial charge in [0.15, 0.2) is 0 Å². The number of nitrogens with one attached hydrogen (secondary N) is 1. The molecule has 20 heavy (non-hydrogen) atoms. The quantitative estimate of drug-likeness (QED) is 0.826. The number of rotatable bonds is 7. The van der Waals surface area contributed by atoms with Gasteiger partial charge in [0.25, 0.3) is 0 Å². The first-order chi connectivity index (χ1) is 9.52. The summed E-state index contributed by atoms with van der Waals surface area (Å²) in [5.74, 6) is 4.36. The Morgan fingerprint density at radius 3 is 2.55 bits per heavy atom. The standard InChI is InChI=1S/C16H28N4/c1-6-9-17-14-12(4)16(20(5)10-11(2)3)19-15(18-14)13-7-8-13/h11,13H,6-10H2,1-5H3,(H,17,18,19). The van der Waals surface area contributed by atoms with Crippen LogP contribution in [0.15, 0.2) is 0 Å². The van der Waals surface area contributed by atoms with Crippen LogP contribution < -0.4 is 10.2 Å². The van der Waals surface area contributed by atoms with Gasteiger partial charge < -0.3 is 10.2 Å². The number of hydrogen-bond acceptors (Lipinski definition) is 4. The maximum Gasteiger partial charge on any atom is 0.137 e. The lowest BCUT2D eigenvalue weighted by molar-refractivity contribution is 0.632. The molecular weight excluding hydrogens is 248 g/mol. The Morgan fingerprint density at radius 1 is 1.30 bits per heavy atom. The summed E-state index contributed by atoms with van der Waals surface area (Å²) in [6.45, 7) is 10.8. The molecule has 4 nitrogen and oxygen atoms in total. The van der Waals surface area contributed by atoms with E-state index in [1.807, 2.05) is 0 Å². The van der Waals surface area contributed by atoms with Gasteiger partial charge in [0.1, 0.15) is 17.5 Å². The second-order valence-corrected chi connectivity index (χ2v) is 6.35. The minimum absolute atomic E-state index is 0.587. The Balaban J connectivity index is 2.30. The Labute approximate surface area is 123 Å². The summed E-state index contributed by atoms with van der Waals surface area (Å²) in [5.41, 5.74) is 1.17. The molecule has 1 aromatic rings. The number of aromatic nitrogens is 2. The van der Waals surface area contributed by atoms with Gasteiger partial charge in [0.2, 0.25) is 0 Å². The van der Waals surface area contributed by atoms with Crippen LogP contribution in [-0.4, -0.2) is 30.1 Å². The van der Waals surface area contributed by atoms with Gasteiger partial charge in [0.05, 0.1) is 0 Å². The fourth-order valence-electron chi connectivity index (χ4n) is 2.47. The van der Waals surface area contributed by atoms with E-state index in [4.69, 9.17) is 9.97 Å². The molecule has 0 aromatic carbocycles. The molecule has 0 unspecified atom stereocenters. The van der Waals surface area contributed by atoms with Crippen molar-refractivity contribution in [3.63, 3.8) is 0 Å². The summed E-state index contributed by atoms with van der Waals surface area (Å²) >= 11 is 0. The lowest BCUT2D eigenvalue weighted by atomic mass is 10.2. The van der Waals surface area contributed by atoms with Crippen LogP contribution in [0.1, 0.15) is 57.3 Å². The SMILES string of the molecule is CCCNc1nc(C2CC2)nc(N(C)CC(C)C)c1C. The zero-order chi connectivity index (χ0) is 14.7.